The lowest BCUT2D eigenvalue weighted by Gasteiger charge is -2.14. The zero-order valence-corrected chi connectivity index (χ0v) is 15.3. The molecule has 0 amide bonds. The van der Waals surface area contributed by atoms with E-state index in [0.29, 0.717) is 11.0 Å². The second-order valence-corrected chi connectivity index (χ2v) is 8.57. The number of hydrogen-bond acceptors (Lipinski definition) is 7. The highest BCUT2D eigenvalue weighted by Crippen LogP contribution is 2.29. The van der Waals surface area contributed by atoms with Crippen molar-refractivity contribution in [2.75, 3.05) is 6.54 Å². The molecule has 0 unspecified atom stereocenters. The zero-order chi connectivity index (χ0) is 17.3. The predicted octanol–water partition coefficient (Wildman–Crippen LogP) is 3.46. The molecule has 3 aromatic heterocycles. The highest BCUT2D eigenvalue weighted by molar-refractivity contribution is 7.89. The molecule has 0 aliphatic heterocycles. The van der Waals surface area contributed by atoms with E-state index in [9.17, 15) is 8.42 Å². The van der Waals surface area contributed by atoms with Gasteiger partial charge in [-0.05, 0) is 35.7 Å². The first-order valence-corrected chi connectivity index (χ1v) is 10.5. The Kier molecular flexibility index (Phi) is 4.38. The van der Waals surface area contributed by atoms with Crippen molar-refractivity contribution in [3.63, 3.8) is 0 Å². The highest BCUT2D eigenvalue weighted by Gasteiger charge is 2.24. The third-order valence-electron chi connectivity index (χ3n) is 3.79. The van der Waals surface area contributed by atoms with Gasteiger partial charge in [0, 0.05) is 11.4 Å². The van der Waals surface area contributed by atoms with Gasteiger partial charge in [-0.1, -0.05) is 12.1 Å². The molecule has 0 bridgehead atoms. The number of thiophene rings is 1. The van der Waals surface area contributed by atoms with Crippen LogP contribution in [0.15, 0.2) is 63.4 Å². The number of nitrogens with zero attached hydrogens (tertiary/aromatic N) is 2. The molecule has 25 heavy (non-hydrogen) atoms. The molecule has 128 valence electrons. The molecule has 0 aliphatic carbocycles. The molecule has 1 aromatic carbocycles. The maximum atomic E-state index is 12.8. The fourth-order valence-corrected chi connectivity index (χ4v) is 5.24. The fourth-order valence-electron chi connectivity index (χ4n) is 2.59. The maximum Gasteiger partial charge on any atom is 0.242 e. The lowest BCUT2D eigenvalue weighted by molar-refractivity contribution is 0.483. The Bertz CT molecular complexity index is 1040. The number of sulfonamides is 1. The summed E-state index contributed by atoms with van der Waals surface area (Å²) in [6.07, 6.45) is 1.59. The normalized spacial score (nSPS) is 13.3. The van der Waals surface area contributed by atoms with E-state index >= 15 is 0 Å². The van der Waals surface area contributed by atoms with Gasteiger partial charge in [-0.3, -0.25) is 0 Å². The summed E-state index contributed by atoms with van der Waals surface area (Å²) >= 11 is 2.56. The first-order valence-electron chi connectivity index (χ1n) is 7.43. The van der Waals surface area contributed by atoms with Crippen LogP contribution in [0.1, 0.15) is 16.6 Å². The Morgan fingerprint density at radius 3 is 2.80 bits per heavy atom. The molecule has 0 fully saturated rings. The average molecular weight is 391 g/mol. The van der Waals surface area contributed by atoms with Gasteiger partial charge in [0.2, 0.25) is 10.0 Å². The van der Waals surface area contributed by atoms with E-state index in [-0.39, 0.29) is 17.4 Å². The molecule has 9 heteroatoms. The van der Waals surface area contributed by atoms with E-state index < -0.39 is 10.0 Å². The number of nitrogens with one attached hydrogen (secondary N) is 1. The van der Waals surface area contributed by atoms with Crippen LogP contribution in [0.3, 0.4) is 0 Å². The molecule has 3 heterocycles. The number of hydrogen-bond donors (Lipinski definition) is 1. The standard InChI is InChI=1S/C16H13N3O3S3/c20-25(21,15-7-1-4-12-16(15)19-24-18-12)17-10-11(13-5-2-8-22-13)14-6-3-9-23-14/h1-9,11,17H,10H2/t11-/m1/s1. The van der Waals surface area contributed by atoms with E-state index in [1.807, 2.05) is 23.6 Å². The molecule has 1 atom stereocenters. The lowest BCUT2D eigenvalue weighted by atomic mass is 10.1. The molecule has 0 saturated carbocycles. The summed E-state index contributed by atoms with van der Waals surface area (Å²) in [7, 11) is -3.72. The second kappa shape index (κ2) is 6.68. The second-order valence-electron chi connectivity index (χ2n) is 5.32. The van der Waals surface area contributed by atoms with Crippen molar-refractivity contribution in [2.24, 2.45) is 0 Å². The lowest BCUT2D eigenvalue weighted by Crippen LogP contribution is -2.28. The van der Waals surface area contributed by atoms with Gasteiger partial charge < -0.3 is 4.42 Å². The van der Waals surface area contributed by atoms with Crippen LogP contribution in [0.25, 0.3) is 11.0 Å². The Balaban J connectivity index is 1.63. The van der Waals surface area contributed by atoms with Gasteiger partial charge >= 0.3 is 0 Å². The minimum Gasteiger partial charge on any atom is -0.469 e. The van der Waals surface area contributed by atoms with Gasteiger partial charge in [-0.25, -0.2) is 13.1 Å². The summed E-state index contributed by atoms with van der Waals surface area (Å²) in [5.74, 6) is 0.538. The van der Waals surface area contributed by atoms with E-state index in [1.165, 1.54) is 0 Å². The molecular formula is C16H13N3O3S3. The first-order chi connectivity index (χ1) is 12.1. The third kappa shape index (κ3) is 3.23. The van der Waals surface area contributed by atoms with Gasteiger partial charge in [0.15, 0.2) is 0 Å². The number of rotatable bonds is 6. The summed E-state index contributed by atoms with van der Waals surface area (Å²) in [5, 5.41) is 1.96. The Morgan fingerprint density at radius 2 is 2.04 bits per heavy atom. The van der Waals surface area contributed by atoms with Crippen LogP contribution >= 0.6 is 23.1 Å². The van der Waals surface area contributed by atoms with Crippen molar-refractivity contribution >= 4 is 44.1 Å². The van der Waals surface area contributed by atoms with E-state index in [2.05, 4.69) is 13.5 Å². The minimum atomic E-state index is -3.72. The average Bonchev–Trinajstić information content (AvgIpc) is 3.36. The fraction of sp³-hybridized carbons (Fsp3) is 0.125. The Morgan fingerprint density at radius 1 is 1.12 bits per heavy atom. The van der Waals surface area contributed by atoms with Crippen LogP contribution in [0.5, 0.6) is 0 Å². The van der Waals surface area contributed by atoms with Gasteiger partial charge in [0.05, 0.1) is 23.9 Å². The van der Waals surface area contributed by atoms with Crippen molar-refractivity contribution in [3.05, 3.63) is 64.7 Å². The smallest absolute Gasteiger partial charge is 0.242 e. The molecule has 4 aromatic rings. The van der Waals surface area contributed by atoms with Gasteiger partial charge in [-0.15, -0.1) is 11.3 Å². The highest BCUT2D eigenvalue weighted by atomic mass is 32.2. The van der Waals surface area contributed by atoms with Crippen LogP contribution in [0.4, 0.5) is 0 Å². The van der Waals surface area contributed by atoms with E-state index in [1.54, 1.807) is 41.9 Å². The van der Waals surface area contributed by atoms with E-state index in [0.717, 1.165) is 22.4 Å². The summed E-state index contributed by atoms with van der Waals surface area (Å²) in [6.45, 7) is 0.199. The van der Waals surface area contributed by atoms with Gasteiger partial charge in [-0.2, -0.15) is 8.75 Å². The number of benzene rings is 1. The van der Waals surface area contributed by atoms with Crippen LogP contribution in [0.2, 0.25) is 0 Å². The van der Waals surface area contributed by atoms with Crippen molar-refractivity contribution in [3.8, 4) is 0 Å². The summed E-state index contributed by atoms with van der Waals surface area (Å²) in [5.41, 5.74) is 0.972. The number of aromatic nitrogens is 2. The zero-order valence-electron chi connectivity index (χ0n) is 12.8. The third-order valence-corrected chi connectivity index (χ3v) is 6.77. The van der Waals surface area contributed by atoms with Crippen LogP contribution in [-0.4, -0.2) is 23.7 Å². The van der Waals surface area contributed by atoms with Crippen LogP contribution in [-0.2, 0) is 10.0 Å². The molecule has 6 nitrogen and oxygen atoms in total. The summed E-state index contributed by atoms with van der Waals surface area (Å²) in [4.78, 5) is 1.18. The first kappa shape index (κ1) is 16.4. The topological polar surface area (TPSA) is 85.1 Å². The van der Waals surface area contributed by atoms with Crippen molar-refractivity contribution < 1.29 is 12.8 Å². The molecular weight excluding hydrogens is 378 g/mol. The van der Waals surface area contributed by atoms with E-state index in [4.69, 9.17) is 4.42 Å². The van der Waals surface area contributed by atoms with Crippen LogP contribution in [0, 0.1) is 0 Å². The largest absolute Gasteiger partial charge is 0.469 e. The van der Waals surface area contributed by atoms with Gasteiger partial charge in [0.25, 0.3) is 0 Å². The van der Waals surface area contributed by atoms with Crippen LogP contribution < -0.4 is 4.72 Å². The van der Waals surface area contributed by atoms with Gasteiger partial charge in [0.1, 0.15) is 21.7 Å². The quantitative estimate of drug-likeness (QED) is 0.544. The molecule has 0 radical (unpaired) electrons. The molecule has 0 spiro atoms. The SMILES string of the molecule is O=S(=O)(NC[C@H](c1ccco1)c1cccs1)c1cccc2nsnc12. The number of fused-ring (bicyclic) bond motifs is 1. The van der Waals surface area contributed by atoms with Crippen molar-refractivity contribution in [1.82, 2.24) is 13.5 Å². The maximum absolute atomic E-state index is 12.8. The van der Waals surface area contributed by atoms with Crippen molar-refractivity contribution in [1.29, 1.82) is 0 Å². The Hall–Kier alpha value is -2.07. The number of furan rings is 1. The molecule has 0 aliphatic rings. The molecule has 4 rings (SSSR count). The summed E-state index contributed by atoms with van der Waals surface area (Å²) in [6, 6.07) is 12.5. The Labute approximate surface area is 152 Å². The molecule has 1 N–H and O–H groups in total. The minimum absolute atomic E-state index is 0.142. The molecule has 0 saturated heterocycles. The predicted molar refractivity (Wildman–Crippen MR) is 97.5 cm³/mol. The monoisotopic (exact) mass is 391 g/mol. The van der Waals surface area contributed by atoms with Crippen molar-refractivity contribution in [2.45, 2.75) is 10.8 Å². The summed E-state index contributed by atoms with van der Waals surface area (Å²) < 4.78 is 42.0.